The maximum Gasteiger partial charge on any atom is 0.340 e. The molecule has 3 N–H and O–H groups in total. The van der Waals surface area contributed by atoms with Crippen LogP contribution in [0.1, 0.15) is 59.3 Å². The van der Waals surface area contributed by atoms with Crippen LogP contribution in [0, 0.1) is 12.7 Å². The molecule has 186 valence electrons. The van der Waals surface area contributed by atoms with Crippen LogP contribution in [0.15, 0.2) is 16.9 Å². The third-order valence-corrected chi connectivity index (χ3v) is 7.63. The highest BCUT2D eigenvalue weighted by atomic mass is 19.1. The molecule has 4 heterocycles. The number of amides is 1. The summed E-state index contributed by atoms with van der Waals surface area (Å²) in [6.45, 7) is 3.42. The Hall–Kier alpha value is -3.63. The van der Waals surface area contributed by atoms with Gasteiger partial charge in [-0.2, -0.15) is 0 Å². The normalized spacial score (nSPS) is 21.2. The summed E-state index contributed by atoms with van der Waals surface area (Å²) in [6, 6.07) is 2.94. The van der Waals surface area contributed by atoms with E-state index < -0.39 is 29.0 Å². The summed E-state index contributed by atoms with van der Waals surface area (Å²) >= 11 is 0. The summed E-state index contributed by atoms with van der Waals surface area (Å²) in [5.41, 5.74) is 3.17. The fourth-order valence-electron chi connectivity index (χ4n) is 5.92. The molecule has 3 aromatic rings. The molecule has 2 unspecified atom stereocenters. The van der Waals surface area contributed by atoms with E-state index in [-0.39, 0.29) is 43.2 Å². The summed E-state index contributed by atoms with van der Waals surface area (Å²) in [6.07, 6.45) is -0.754. The predicted molar refractivity (Wildman–Crippen MR) is 126 cm³/mol. The minimum absolute atomic E-state index is 0.107. The topological polar surface area (TPSA) is 131 Å². The number of rotatable bonds is 4. The number of halogens is 1. The summed E-state index contributed by atoms with van der Waals surface area (Å²) < 4.78 is 21.4. The standard InChI is InChI=1S/C26H24FN3O6/c1-11-13-8-26(2,29-19(32)4-3-5-31)21-14-9-30-18(22(14)28-17(20(13)21)7-16(11)27)6-12-15(24(30)34)10-36-25(35)23(12)33/h6-7,23,31,33H,3-5,8-10H2,1-2H3,(H,29,32). The highest BCUT2D eigenvalue weighted by Gasteiger charge is 2.44. The third-order valence-electron chi connectivity index (χ3n) is 7.63. The number of fused-ring (bicyclic) bond motifs is 5. The molecule has 10 heteroatoms. The maximum absolute atomic E-state index is 14.9. The number of cyclic esters (lactones) is 1. The van der Waals surface area contributed by atoms with E-state index in [1.165, 1.54) is 10.6 Å². The van der Waals surface area contributed by atoms with E-state index in [0.717, 1.165) is 22.1 Å². The molecule has 0 bridgehead atoms. The van der Waals surface area contributed by atoms with Gasteiger partial charge in [0.15, 0.2) is 6.10 Å². The van der Waals surface area contributed by atoms with E-state index in [0.29, 0.717) is 35.3 Å². The lowest BCUT2D eigenvalue weighted by Crippen LogP contribution is -2.44. The molecule has 36 heavy (non-hydrogen) atoms. The van der Waals surface area contributed by atoms with Gasteiger partial charge in [0.25, 0.3) is 5.56 Å². The monoisotopic (exact) mass is 493 g/mol. The molecule has 9 nitrogen and oxygen atoms in total. The Morgan fingerprint density at radius 3 is 2.83 bits per heavy atom. The van der Waals surface area contributed by atoms with Crippen molar-refractivity contribution in [2.75, 3.05) is 6.61 Å². The van der Waals surface area contributed by atoms with Gasteiger partial charge in [0.05, 0.1) is 34.6 Å². The van der Waals surface area contributed by atoms with Gasteiger partial charge in [0.1, 0.15) is 12.4 Å². The van der Waals surface area contributed by atoms with Crippen LogP contribution in [0.25, 0.3) is 22.3 Å². The summed E-state index contributed by atoms with van der Waals surface area (Å²) in [4.78, 5) is 42.8. The van der Waals surface area contributed by atoms with Gasteiger partial charge in [0.2, 0.25) is 5.91 Å². The van der Waals surface area contributed by atoms with E-state index in [2.05, 4.69) is 5.32 Å². The largest absolute Gasteiger partial charge is 0.458 e. The van der Waals surface area contributed by atoms with Gasteiger partial charge in [-0.3, -0.25) is 9.59 Å². The smallest absolute Gasteiger partial charge is 0.340 e. The van der Waals surface area contributed by atoms with E-state index >= 15 is 0 Å². The van der Waals surface area contributed by atoms with Gasteiger partial charge in [-0.25, -0.2) is 14.2 Å². The highest BCUT2D eigenvalue weighted by molar-refractivity contribution is 5.96. The molecule has 3 aliphatic rings. The number of hydrogen-bond acceptors (Lipinski definition) is 7. The van der Waals surface area contributed by atoms with Gasteiger partial charge in [0, 0.05) is 42.0 Å². The first-order valence-electron chi connectivity index (χ1n) is 11.8. The van der Waals surface area contributed by atoms with Gasteiger partial charge in [-0.15, -0.1) is 0 Å². The Morgan fingerprint density at radius 2 is 2.08 bits per heavy atom. The molecule has 2 aromatic heterocycles. The summed E-state index contributed by atoms with van der Waals surface area (Å²) in [5.74, 6) is -1.47. The van der Waals surface area contributed by atoms with Crippen molar-refractivity contribution in [2.24, 2.45) is 0 Å². The number of hydrogen-bond donors (Lipinski definition) is 3. The molecule has 2 atom stereocenters. The molecule has 0 saturated carbocycles. The second-order valence-electron chi connectivity index (χ2n) is 9.92. The van der Waals surface area contributed by atoms with Crippen molar-refractivity contribution in [1.29, 1.82) is 0 Å². The molecule has 6 rings (SSSR count). The zero-order valence-electron chi connectivity index (χ0n) is 19.8. The Kier molecular flexibility index (Phi) is 4.87. The van der Waals surface area contributed by atoms with Crippen molar-refractivity contribution in [1.82, 2.24) is 14.9 Å². The second kappa shape index (κ2) is 7.68. The minimum atomic E-state index is -1.57. The van der Waals surface area contributed by atoms with Crippen LogP contribution in [0.4, 0.5) is 4.39 Å². The van der Waals surface area contributed by atoms with Gasteiger partial charge in [-0.05, 0) is 43.0 Å². The predicted octanol–water partition coefficient (Wildman–Crippen LogP) is 1.62. The fourth-order valence-corrected chi connectivity index (χ4v) is 5.92. The van der Waals surface area contributed by atoms with Crippen molar-refractivity contribution < 1.29 is 28.9 Å². The van der Waals surface area contributed by atoms with Crippen molar-refractivity contribution in [3.8, 4) is 11.4 Å². The molecule has 1 aromatic carbocycles. The zero-order chi connectivity index (χ0) is 25.5. The van der Waals surface area contributed by atoms with Crippen molar-refractivity contribution >= 4 is 22.8 Å². The second-order valence-corrected chi connectivity index (χ2v) is 9.92. The van der Waals surface area contributed by atoms with Crippen LogP contribution in [-0.4, -0.2) is 38.2 Å². The Bertz CT molecular complexity index is 1580. The van der Waals surface area contributed by atoms with Gasteiger partial charge in [-0.1, -0.05) is 0 Å². The molecule has 2 aliphatic heterocycles. The number of aliphatic hydroxyl groups excluding tert-OH is 2. The van der Waals surface area contributed by atoms with Crippen LogP contribution in [0.3, 0.4) is 0 Å². The van der Waals surface area contributed by atoms with Crippen molar-refractivity contribution in [2.45, 2.75) is 57.9 Å². The number of carbonyl (C=O) groups excluding carboxylic acids is 2. The van der Waals surface area contributed by atoms with Crippen molar-refractivity contribution in [3.63, 3.8) is 0 Å². The third kappa shape index (κ3) is 3.00. The number of pyridine rings is 2. The summed E-state index contributed by atoms with van der Waals surface area (Å²) in [5, 5.41) is 23.4. The zero-order valence-corrected chi connectivity index (χ0v) is 19.8. The SMILES string of the molecule is Cc1c(F)cc2nc3c(c4c2c1CC4(C)NC(=O)CCCO)Cn1c-3cc2c(c1=O)COC(=O)C2O. The van der Waals surface area contributed by atoms with E-state index in [4.69, 9.17) is 14.8 Å². The van der Waals surface area contributed by atoms with E-state index in [9.17, 15) is 23.9 Å². The van der Waals surface area contributed by atoms with E-state index in [1.54, 1.807) is 13.0 Å². The first-order chi connectivity index (χ1) is 17.1. The minimum Gasteiger partial charge on any atom is -0.458 e. The number of aliphatic hydroxyl groups is 2. The number of nitrogens with one attached hydrogen (secondary N) is 1. The lowest BCUT2D eigenvalue weighted by atomic mass is 9.88. The molecule has 0 saturated heterocycles. The Balaban J connectivity index is 1.60. The van der Waals surface area contributed by atoms with Crippen LogP contribution < -0.4 is 10.9 Å². The van der Waals surface area contributed by atoms with Gasteiger partial charge < -0.3 is 24.8 Å². The first kappa shape index (κ1) is 22.8. The average Bonchev–Trinajstić information content (AvgIpc) is 3.35. The first-order valence-corrected chi connectivity index (χ1v) is 11.8. The lowest BCUT2D eigenvalue weighted by molar-refractivity contribution is -0.157. The lowest BCUT2D eigenvalue weighted by Gasteiger charge is -2.29. The van der Waals surface area contributed by atoms with E-state index in [1.807, 2.05) is 6.92 Å². The Labute approximate surface area is 204 Å². The molecular formula is C26H24FN3O6. The molecule has 1 amide bonds. The molecule has 0 radical (unpaired) electrons. The fraction of sp³-hybridized carbons (Fsp3) is 0.385. The number of nitrogens with zero attached hydrogens (tertiary/aromatic N) is 2. The van der Waals surface area contributed by atoms with Crippen LogP contribution in [-0.2, 0) is 39.4 Å². The summed E-state index contributed by atoms with van der Waals surface area (Å²) in [7, 11) is 0. The van der Waals surface area contributed by atoms with Gasteiger partial charge >= 0.3 is 5.97 Å². The molecule has 1 aliphatic carbocycles. The number of esters is 1. The average molecular weight is 493 g/mol. The number of carbonyl (C=O) groups is 2. The molecule has 0 spiro atoms. The molecular weight excluding hydrogens is 469 g/mol. The molecule has 0 fully saturated rings. The number of ether oxygens (including phenoxy) is 1. The van der Waals surface area contributed by atoms with Crippen LogP contribution in [0.5, 0.6) is 0 Å². The van der Waals surface area contributed by atoms with Crippen molar-refractivity contribution in [3.05, 3.63) is 61.7 Å². The Morgan fingerprint density at radius 1 is 1.31 bits per heavy atom. The van der Waals surface area contributed by atoms with Crippen LogP contribution >= 0.6 is 0 Å². The number of aromatic nitrogens is 2. The highest BCUT2D eigenvalue weighted by Crippen LogP contribution is 2.48. The number of benzene rings is 1. The quantitative estimate of drug-likeness (QED) is 0.368. The maximum atomic E-state index is 14.9. The van der Waals surface area contributed by atoms with Crippen LogP contribution in [0.2, 0.25) is 0 Å².